The zero-order chi connectivity index (χ0) is 10.4. The monoisotopic (exact) mass is 195 g/mol. The van der Waals surface area contributed by atoms with Gasteiger partial charge in [-0.2, -0.15) is 0 Å². The van der Waals surface area contributed by atoms with Crippen LogP contribution in [0.25, 0.3) is 0 Å². The summed E-state index contributed by atoms with van der Waals surface area (Å²) in [5.74, 6) is 0. The van der Waals surface area contributed by atoms with E-state index in [-0.39, 0.29) is 5.41 Å². The second-order valence-electron chi connectivity index (χ2n) is 6.05. The molecule has 0 aromatic rings. The zero-order valence-corrected chi connectivity index (χ0v) is 9.31. The first-order valence-corrected chi connectivity index (χ1v) is 5.63. The van der Waals surface area contributed by atoms with Crippen LogP contribution in [0.3, 0.4) is 0 Å². The summed E-state index contributed by atoms with van der Waals surface area (Å²) in [6, 6.07) is 0. The molecule has 2 rings (SSSR count). The molecule has 0 amide bonds. The molecule has 2 N–H and O–H groups in total. The fraction of sp³-hybridized carbons (Fsp3) is 0.917. The van der Waals surface area contributed by atoms with Gasteiger partial charge in [-0.25, -0.2) is 0 Å². The van der Waals surface area contributed by atoms with Gasteiger partial charge in [-0.15, -0.1) is 0 Å². The average Bonchev–Trinajstić information content (AvgIpc) is 2.28. The van der Waals surface area contributed by atoms with Crippen LogP contribution < -0.4 is 5.73 Å². The fourth-order valence-corrected chi connectivity index (χ4v) is 3.85. The summed E-state index contributed by atoms with van der Waals surface area (Å²) in [4.78, 5) is 10.7. The molecule has 0 unspecified atom stereocenters. The Balaban J connectivity index is 2.22. The lowest BCUT2D eigenvalue weighted by molar-refractivity contribution is -0.109. The van der Waals surface area contributed by atoms with Crippen molar-refractivity contribution in [3.63, 3.8) is 0 Å². The number of fused-ring (bicyclic) bond motifs is 1. The molecule has 0 spiro atoms. The minimum Gasteiger partial charge on any atom is -0.330 e. The Morgan fingerprint density at radius 2 is 1.71 bits per heavy atom. The van der Waals surface area contributed by atoms with Crippen LogP contribution in [0.1, 0.15) is 46.0 Å². The third kappa shape index (κ3) is 1.10. The first-order valence-electron chi connectivity index (χ1n) is 5.63. The van der Waals surface area contributed by atoms with Crippen molar-refractivity contribution in [3.8, 4) is 0 Å². The van der Waals surface area contributed by atoms with Crippen LogP contribution in [0.15, 0.2) is 0 Å². The van der Waals surface area contributed by atoms with E-state index < -0.39 is 0 Å². The first-order chi connectivity index (χ1) is 6.49. The standard InChI is InChI=1S/C12H21NO/c1-10-3-4-11(10,2)8-12(7-10,9-13)5-6-14/h6H,3-5,7-9,13H2,1-2H3/t10-,11+,12-. The van der Waals surface area contributed by atoms with Gasteiger partial charge in [0.15, 0.2) is 0 Å². The van der Waals surface area contributed by atoms with Crippen LogP contribution in [-0.2, 0) is 4.79 Å². The van der Waals surface area contributed by atoms with Gasteiger partial charge in [0, 0.05) is 6.42 Å². The number of nitrogens with two attached hydrogens (primary N) is 1. The molecular formula is C12H21NO. The summed E-state index contributed by atoms with van der Waals surface area (Å²) in [5.41, 5.74) is 6.93. The largest absolute Gasteiger partial charge is 0.330 e. The molecule has 2 heteroatoms. The van der Waals surface area contributed by atoms with Gasteiger partial charge >= 0.3 is 0 Å². The fourth-order valence-electron chi connectivity index (χ4n) is 3.85. The molecular weight excluding hydrogens is 174 g/mol. The van der Waals surface area contributed by atoms with E-state index in [2.05, 4.69) is 13.8 Å². The predicted octanol–water partition coefficient (Wildman–Crippen LogP) is 2.12. The minimum absolute atomic E-state index is 0.127. The third-order valence-corrected chi connectivity index (χ3v) is 5.17. The van der Waals surface area contributed by atoms with E-state index in [0.29, 0.717) is 23.8 Å². The summed E-state index contributed by atoms with van der Waals surface area (Å²) in [7, 11) is 0. The van der Waals surface area contributed by atoms with Gasteiger partial charge < -0.3 is 10.5 Å². The van der Waals surface area contributed by atoms with Crippen molar-refractivity contribution in [1.82, 2.24) is 0 Å². The van der Waals surface area contributed by atoms with Crippen LogP contribution in [0, 0.1) is 16.2 Å². The number of hydrogen-bond donors (Lipinski definition) is 1. The van der Waals surface area contributed by atoms with Crippen LogP contribution in [0.4, 0.5) is 0 Å². The molecule has 0 aromatic carbocycles. The smallest absolute Gasteiger partial charge is 0.120 e. The Bertz CT molecular complexity index is 245. The molecule has 80 valence electrons. The van der Waals surface area contributed by atoms with Crippen molar-refractivity contribution in [1.29, 1.82) is 0 Å². The van der Waals surface area contributed by atoms with Crippen molar-refractivity contribution < 1.29 is 4.79 Å². The van der Waals surface area contributed by atoms with E-state index in [4.69, 9.17) is 5.73 Å². The average molecular weight is 195 g/mol. The maximum atomic E-state index is 10.7. The van der Waals surface area contributed by atoms with E-state index in [1.54, 1.807) is 0 Å². The Labute approximate surface area is 86.2 Å². The zero-order valence-electron chi connectivity index (χ0n) is 9.31. The normalized spacial score (nSPS) is 51.1. The topological polar surface area (TPSA) is 43.1 Å². The summed E-state index contributed by atoms with van der Waals surface area (Å²) < 4.78 is 0. The molecule has 0 radical (unpaired) electrons. The van der Waals surface area contributed by atoms with Gasteiger partial charge in [0.25, 0.3) is 0 Å². The molecule has 2 aliphatic carbocycles. The molecule has 0 saturated heterocycles. The van der Waals surface area contributed by atoms with Crippen LogP contribution in [0.5, 0.6) is 0 Å². The van der Waals surface area contributed by atoms with Gasteiger partial charge in [-0.3, -0.25) is 0 Å². The molecule has 2 aliphatic rings. The van der Waals surface area contributed by atoms with E-state index in [0.717, 1.165) is 19.1 Å². The molecule has 0 aliphatic heterocycles. The number of rotatable bonds is 3. The Hall–Kier alpha value is -0.370. The Morgan fingerprint density at radius 3 is 2.00 bits per heavy atom. The molecule has 2 nitrogen and oxygen atoms in total. The van der Waals surface area contributed by atoms with Crippen molar-refractivity contribution in [2.75, 3.05) is 6.54 Å². The highest BCUT2D eigenvalue weighted by molar-refractivity contribution is 5.51. The summed E-state index contributed by atoms with van der Waals surface area (Å²) in [6.07, 6.45) is 6.69. The lowest BCUT2D eigenvalue weighted by Crippen LogP contribution is -2.42. The number of aldehydes is 1. The third-order valence-electron chi connectivity index (χ3n) is 5.17. The molecule has 2 saturated carbocycles. The van der Waals surface area contributed by atoms with Gasteiger partial charge in [-0.05, 0) is 48.5 Å². The number of hydrogen-bond acceptors (Lipinski definition) is 2. The molecule has 14 heavy (non-hydrogen) atoms. The van der Waals surface area contributed by atoms with E-state index in [1.807, 2.05) is 0 Å². The maximum Gasteiger partial charge on any atom is 0.120 e. The summed E-state index contributed by atoms with van der Waals surface area (Å²) in [6.45, 7) is 5.42. The quantitative estimate of drug-likeness (QED) is 0.701. The number of carbonyl (C=O) groups excluding carboxylic acids is 1. The van der Waals surface area contributed by atoms with Gasteiger partial charge in [-0.1, -0.05) is 13.8 Å². The van der Waals surface area contributed by atoms with Crippen molar-refractivity contribution >= 4 is 6.29 Å². The minimum atomic E-state index is 0.127. The highest BCUT2D eigenvalue weighted by Gasteiger charge is 2.62. The maximum absolute atomic E-state index is 10.7. The Kier molecular flexibility index (Phi) is 2.04. The first kappa shape index (κ1) is 10.2. The van der Waals surface area contributed by atoms with Gasteiger partial charge in [0.05, 0.1) is 0 Å². The van der Waals surface area contributed by atoms with E-state index in [9.17, 15) is 4.79 Å². The molecule has 0 aromatic heterocycles. The van der Waals surface area contributed by atoms with Crippen molar-refractivity contribution in [3.05, 3.63) is 0 Å². The molecule has 0 bridgehead atoms. The summed E-state index contributed by atoms with van der Waals surface area (Å²) in [5, 5.41) is 0. The number of carbonyl (C=O) groups is 1. The van der Waals surface area contributed by atoms with E-state index >= 15 is 0 Å². The van der Waals surface area contributed by atoms with Crippen molar-refractivity contribution in [2.24, 2.45) is 22.0 Å². The molecule has 0 heterocycles. The van der Waals surface area contributed by atoms with Gasteiger partial charge in [0.2, 0.25) is 0 Å². The van der Waals surface area contributed by atoms with Crippen molar-refractivity contribution in [2.45, 2.75) is 46.0 Å². The summed E-state index contributed by atoms with van der Waals surface area (Å²) >= 11 is 0. The SMILES string of the molecule is C[C@@]12CC[C@]1(C)C[C@](CN)(CC=O)C2. The predicted molar refractivity (Wildman–Crippen MR) is 56.9 cm³/mol. The second kappa shape index (κ2) is 2.82. The second-order valence-corrected chi connectivity index (χ2v) is 6.05. The van der Waals surface area contributed by atoms with Crippen LogP contribution in [-0.4, -0.2) is 12.8 Å². The van der Waals surface area contributed by atoms with E-state index in [1.165, 1.54) is 12.8 Å². The highest BCUT2D eigenvalue weighted by Crippen LogP contribution is 2.71. The molecule has 3 atom stereocenters. The molecule has 2 fully saturated rings. The van der Waals surface area contributed by atoms with Crippen LogP contribution in [0.2, 0.25) is 0 Å². The Morgan fingerprint density at radius 1 is 1.21 bits per heavy atom. The van der Waals surface area contributed by atoms with Crippen LogP contribution >= 0.6 is 0 Å². The highest BCUT2D eigenvalue weighted by atomic mass is 16.1. The lowest BCUT2D eigenvalue weighted by Gasteiger charge is -2.52. The van der Waals surface area contributed by atoms with Gasteiger partial charge in [0.1, 0.15) is 6.29 Å². The lowest BCUT2D eigenvalue weighted by atomic mass is 9.53.